The zero-order valence-corrected chi connectivity index (χ0v) is 7.65. The molecular weight excluding hydrogens is 186 g/mol. The van der Waals surface area contributed by atoms with E-state index in [1.165, 1.54) is 0 Å². The molecule has 0 fully saturated rings. The zero-order valence-electron chi connectivity index (χ0n) is 7.65. The van der Waals surface area contributed by atoms with Gasteiger partial charge in [-0.2, -0.15) is 5.10 Å². The summed E-state index contributed by atoms with van der Waals surface area (Å²) in [4.78, 5) is 21.4. The van der Waals surface area contributed by atoms with E-state index in [1.54, 1.807) is 24.0 Å². The molecule has 14 heavy (non-hydrogen) atoms. The van der Waals surface area contributed by atoms with Crippen molar-refractivity contribution in [2.75, 3.05) is 11.9 Å². The molecule has 3 amide bonds. The molecule has 0 bridgehead atoms. The molecule has 1 aromatic heterocycles. The van der Waals surface area contributed by atoms with Crippen molar-refractivity contribution in [3.05, 3.63) is 12.3 Å². The second-order valence-electron chi connectivity index (χ2n) is 2.65. The summed E-state index contributed by atoms with van der Waals surface area (Å²) in [6.07, 6.45) is 1.68. The zero-order chi connectivity index (χ0) is 10.6. The van der Waals surface area contributed by atoms with Gasteiger partial charge >= 0.3 is 6.03 Å². The Morgan fingerprint density at radius 1 is 1.64 bits per heavy atom. The molecular formula is C7H11N5O2. The Hall–Kier alpha value is -2.05. The number of carbonyl (C=O) groups is 2. The third-order valence-electron chi connectivity index (χ3n) is 1.38. The smallest absolute Gasteiger partial charge is 0.320 e. The fourth-order valence-electron chi connectivity index (χ4n) is 0.810. The summed E-state index contributed by atoms with van der Waals surface area (Å²) in [5.41, 5.74) is 4.84. The number of aryl methyl sites for hydroxylation is 1. The number of anilines is 1. The number of primary amides is 1. The van der Waals surface area contributed by atoms with Gasteiger partial charge in [0.05, 0.1) is 6.54 Å². The van der Waals surface area contributed by atoms with Crippen LogP contribution in [0.5, 0.6) is 0 Å². The van der Waals surface area contributed by atoms with E-state index in [0.29, 0.717) is 5.82 Å². The molecule has 0 spiro atoms. The van der Waals surface area contributed by atoms with Gasteiger partial charge in [-0.3, -0.25) is 14.8 Å². The summed E-state index contributed by atoms with van der Waals surface area (Å²) in [5, 5.41) is 8.60. The minimum atomic E-state index is -0.596. The van der Waals surface area contributed by atoms with E-state index in [2.05, 4.69) is 15.7 Å². The number of aromatic nitrogens is 2. The maximum Gasteiger partial charge on any atom is 0.320 e. The summed E-state index contributed by atoms with van der Waals surface area (Å²) >= 11 is 0. The molecule has 0 aromatic carbocycles. The van der Waals surface area contributed by atoms with Gasteiger partial charge in [0.25, 0.3) is 0 Å². The van der Waals surface area contributed by atoms with Crippen molar-refractivity contribution in [3.63, 3.8) is 0 Å². The molecule has 1 rings (SSSR count). The molecule has 0 aliphatic carbocycles. The second-order valence-corrected chi connectivity index (χ2v) is 2.65. The molecule has 7 heteroatoms. The summed E-state index contributed by atoms with van der Waals surface area (Å²) in [6, 6.07) is 1.12. The average Bonchev–Trinajstić information content (AvgIpc) is 2.48. The van der Waals surface area contributed by atoms with Gasteiger partial charge in [0.15, 0.2) is 5.82 Å². The van der Waals surface area contributed by atoms with Gasteiger partial charge in [0, 0.05) is 19.3 Å². The van der Waals surface area contributed by atoms with Crippen molar-refractivity contribution in [1.29, 1.82) is 0 Å². The van der Waals surface area contributed by atoms with Crippen LogP contribution in [0, 0.1) is 0 Å². The first-order valence-electron chi connectivity index (χ1n) is 3.91. The first-order valence-corrected chi connectivity index (χ1v) is 3.91. The van der Waals surface area contributed by atoms with Crippen molar-refractivity contribution >= 4 is 17.8 Å². The monoisotopic (exact) mass is 197 g/mol. The van der Waals surface area contributed by atoms with Crippen LogP contribution in [-0.2, 0) is 11.8 Å². The van der Waals surface area contributed by atoms with Gasteiger partial charge < -0.3 is 11.1 Å². The highest BCUT2D eigenvalue weighted by molar-refractivity contribution is 5.91. The number of amides is 3. The van der Waals surface area contributed by atoms with Crippen LogP contribution in [0.15, 0.2) is 12.3 Å². The normalized spacial score (nSPS) is 9.50. The number of carbonyl (C=O) groups excluding carboxylic acids is 2. The minimum Gasteiger partial charge on any atom is -0.368 e. The van der Waals surface area contributed by atoms with E-state index in [0.717, 1.165) is 0 Å². The van der Waals surface area contributed by atoms with Crippen LogP contribution in [-0.4, -0.2) is 28.3 Å². The van der Waals surface area contributed by atoms with Gasteiger partial charge in [0.1, 0.15) is 0 Å². The average molecular weight is 197 g/mol. The van der Waals surface area contributed by atoms with Crippen molar-refractivity contribution in [1.82, 2.24) is 15.1 Å². The molecule has 0 saturated carbocycles. The number of hydrogen-bond donors (Lipinski definition) is 3. The number of nitrogens with one attached hydrogen (secondary N) is 2. The predicted molar refractivity (Wildman–Crippen MR) is 49.4 cm³/mol. The van der Waals surface area contributed by atoms with Crippen molar-refractivity contribution < 1.29 is 9.59 Å². The van der Waals surface area contributed by atoms with Crippen LogP contribution < -0.4 is 16.4 Å². The van der Waals surface area contributed by atoms with Gasteiger partial charge in [-0.25, -0.2) is 4.79 Å². The van der Waals surface area contributed by atoms with E-state index < -0.39 is 11.9 Å². The molecule has 4 N–H and O–H groups in total. The molecule has 0 saturated heterocycles. The molecule has 0 aliphatic rings. The molecule has 76 valence electrons. The first-order chi connectivity index (χ1) is 6.58. The van der Waals surface area contributed by atoms with Crippen LogP contribution >= 0.6 is 0 Å². The number of urea groups is 1. The largest absolute Gasteiger partial charge is 0.368 e. The highest BCUT2D eigenvalue weighted by atomic mass is 16.2. The molecule has 1 aromatic rings. The van der Waals surface area contributed by atoms with Crippen molar-refractivity contribution in [3.8, 4) is 0 Å². The number of rotatable bonds is 3. The Balaban J connectivity index is 2.37. The summed E-state index contributed by atoms with van der Waals surface area (Å²) in [5.74, 6) is -0.185. The van der Waals surface area contributed by atoms with Crippen LogP contribution in [0.1, 0.15) is 0 Å². The lowest BCUT2D eigenvalue weighted by Crippen LogP contribution is -2.36. The number of hydrogen-bond acceptors (Lipinski definition) is 3. The Morgan fingerprint density at radius 2 is 2.36 bits per heavy atom. The predicted octanol–water partition coefficient (Wildman–Crippen LogP) is -0.973. The van der Waals surface area contributed by atoms with E-state index in [1.807, 2.05) is 0 Å². The summed E-state index contributed by atoms with van der Waals surface area (Å²) < 4.78 is 1.55. The second kappa shape index (κ2) is 4.26. The lowest BCUT2D eigenvalue weighted by atomic mass is 10.6. The van der Waals surface area contributed by atoms with E-state index in [-0.39, 0.29) is 6.54 Å². The number of nitrogens with two attached hydrogens (primary N) is 1. The SMILES string of the molecule is Cn1ccc(NC(=O)NCC(N)=O)n1. The Labute approximate surface area is 80.3 Å². The Bertz CT molecular complexity index is 346. The highest BCUT2D eigenvalue weighted by Gasteiger charge is 2.03. The molecule has 0 aliphatic heterocycles. The van der Waals surface area contributed by atoms with Gasteiger partial charge in [0.2, 0.25) is 5.91 Å². The summed E-state index contributed by atoms with van der Waals surface area (Å²) in [6.45, 7) is -0.196. The molecule has 0 radical (unpaired) electrons. The maximum atomic E-state index is 11.0. The van der Waals surface area contributed by atoms with Crippen LogP contribution in [0.4, 0.5) is 10.6 Å². The maximum absolute atomic E-state index is 11.0. The van der Waals surface area contributed by atoms with Crippen LogP contribution in [0.25, 0.3) is 0 Å². The van der Waals surface area contributed by atoms with E-state index >= 15 is 0 Å². The van der Waals surface area contributed by atoms with Gasteiger partial charge in [-0.1, -0.05) is 0 Å². The third kappa shape index (κ3) is 3.13. The first kappa shape index (κ1) is 10.0. The Kier molecular flexibility index (Phi) is 3.05. The Morgan fingerprint density at radius 3 is 2.86 bits per heavy atom. The van der Waals surface area contributed by atoms with Crippen LogP contribution in [0.3, 0.4) is 0 Å². The topological polar surface area (TPSA) is 102 Å². The number of nitrogens with zero attached hydrogens (tertiary/aromatic N) is 2. The van der Waals surface area contributed by atoms with E-state index in [9.17, 15) is 9.59 Å². The third-order valence-corrected chi connectivity index (χ3v) is 1.38. The lowest BCUT2D eigenvalue weighted by molar-refractivity contribution is -0.117. The van der Waals surface area contributed by atoms with Crippen molar-refractivity contribution in [2.45, 2.75) is 0 Å². The van der Waals surface area contributed by atoms with Gasteiger partial charge in [-0.05, 0) is 0 Å². The summed E-state index contributed by atoms with van der Waals surface area (Å²) in [7, 11) is 1.73. The standard InChI is InChI=1S/C7H11N5O2/c1-12-3-2-6(11-12)10-7(14)9-4-5(8)13/h2-3H,4H2,1H3,(H2,8,13)(H2,9,10,11,14). The fourth-order valence-corrected chi connectivity index (χ4v) is 0.810. The highest BCUT2D eigenvalue weighted by Crippen LogP contribution is 1.99. The van der Waals surface area contributed by atoms with Crippen molar-refractivity contribution in [2.24, 2.45) is 12.8 Å². The molecule has 0 unspecified atom stereocenters. The quantitative estimate of drug-likeness (QED) is 0.580. The van der Waals surface area contributed by atoms with E-state index in [4.69, 9.17) is 5.73 Å². The lowest BCUT2D eigenvalue weighted by Gasteiger charge is -2.02. The molecule has 7 nitrogen and oxygen atoms in total. The molecule has 1 heterocycles. The minimum absolute atomic E-state index is 0.196. The fraction of sp³-hybridized carbons (Fsp3) is 0.286. The molecule has 0 atom stereocenters. The van der Waals surface area contributed by atoms with Crippen LogP contribution in [0.2, 0.25) is 0 Å². The van der Waals surface area contributed by atoms with Gasteiger partial charge in [-0.15, -0.1) is 0 Å².